The number of ether oxygens (including phenoxy) is 1. The van der Waals surface area contributed by atoms with Gasteiger partial charge < -0.3 is 20.5 Å². The zero-order valence-corrected chi connectivity index (χ0v) is 18.5. The Morgan fingerprint density at radius 2 is 1.80 bits per heavy atom. The Morgan fingerprint density at radius 1 is 1.11 bits per heavy atom. The van der Waals surface area contributed by atoms with Gasteiger partial charge >= 0.3 is 11.9 Å². The molecule has 1 unspecified atom stereocenters. The fourth-order valence-electron chi connectivity index (χ4n) is 2.90. The van der Waals surface area contributed by atoms with Gasteiger partial charge in [0, 0.05) is 29.6 Å². The first kappa shape index (κ1) is 25.8. The number of nitro benzene ring substituents is 1. The topological polar surface area (TPSA) is 122 Å². The fourth-order valence-corrected chi connectivity index (χ4v) is 3.07. The van der Waals surface area contributed by atoms with Gasteiger partial charge in [0.15, 0.2) is 5.60 Å². The van der Waals surface area contributed by atoms with Gasteiger partial charge in [0.1, 0.15) is 17.4 Å². The molecule has 0 amide bonds. The summed E-state index contributed by atoms with van der Waals surface area (Å²) in [6, 6.07) is 4.14. The SMILES string of the molecule is COc1cc(F)c([N+](=O)[O-])cc1Nc1nccc(Nc2cc(Cl)c(F)cc2C(C)(O)C(F)(F)F)n1. The lowest BCUT2D eigenvalue weighted by molar-refractivity contribution is -0.387. The predicted molar refractivity (Wildman–Crippen MR) is 115 cm³/mol. The van der Waals surface area contributed by atoms with Crippen LogP contribution in [0.15, 0.2) is 36.5 Å². The number of anilines is 4. The molecule has 35 heavy (non-hydrogen) atoms. The van der Waals surface area contributed by atoms with E-state index in [0.29, 0.717) is 13.0 Å². The molecule has 3 aromatic rings. The summed E-state index contributed by atoms with van der Waals surface area (Å²) in [4.78, 5) is 18.0. The summed E-state index contributed by atoms with van der Waals surface area (Å²) in [5.41, 5.74) is -5.66. The summed E-state index contributed by atoms with van der Waals surface area (Å²) in [6.07, 6.45) is -3.98. The van der Waals surface area contributed by atoms with Crippen LogP contribution < -0.4 is 15.4 Å². The molecule has 0 saturated heterocycles. The molecule has 9 nitrogen and oxygen atoms in total. The Balaban J connectivity index is 2.00. The average Bonchev–Trinajstić information content (AvgIpc) is 2.76. The second kappa shape index (κ2) is 9.46. The third-order valence-corrected chi connectivity index (χ3v) is 5.06. The van der Waals surface area contributed by atoms with Crippen LogP contribution in [-0.4, -0.2) is 33.3 Å². The number of aliphatic hydroxyl groups is 1. The molecule has 2 aromatic carbocycles. The fraction of sp³-hybridized carbons (Fsp3) is 0.200. The molecule has 186 valence electrons. The van der Waals surface area contributed by atoms with E-state index in [-0.39, 0.29) is 23.2 Å². The van der Waals surface area contributed by atoms with Crippen molar-refractivity contribution in [1.82, 2.24) is 9.97 Å². The molecule has 15 heteroatoms. The van der Waals surface area contributed by atoms with E-state index < -0.39 is 50.3 Å². The minimum absolute atomic E-state index is 0.0803. The number of hydrogen-bond donors (Lipinski definition) is 3. The number of methoxy groups -OCH3 is 1. The summed E-state index contributed by atoms with van der Waals surface area (Å²) in [5, 5.41) is 25.7. The van der Waals surface area contributed by atoms with E-state index in [9.17, 15) is 37.2 Å². The summed E-state index contributed by atoms with van der Waals surface area (Å²) < 4.78 is 73.0. The second-order valence-electron chi connectivity index (χ2n) is 7.16. The molecule has 0 fully saturated rings. The molecule has 0 saturated carbocycles. The number of benzene rings is 2. The maximum Gasteiger partial charge on any atom is 0.421 e. The smallest absolute Gasteiger partial charge is 0.421 e. The largest absolute Gasteiger partial charge is 0.494 e. The Labute approximate surface area is 198 Å². The highest BCUT2D eigenvalue weighted by Crippen LogP contribution is 2.43. The highest BCUT2D eigenvalue weighted by molar-refractivity contribution is 6.31. The molecule has 1 aromatic heterocycles. The van der Waals surface area contributed by atoms with Crippen LogP contribution >= 0.6 is 11.6 Å². The van der Waals surface area contributed by atoms with E-state index in [1.807, 2.05) is 0 Å². The molecule has 0 aliphatic carbocycles. The lowest BCUT2D eigenvalue weighted by atomic mass is 9.93. The minimum atomic E-state index is -5.16. The number of nitrogens with one attached hydrogen (secondary N) is 2. The highest BCUT2D eigenvalue weighted by atomic mass is 35.5. The number of alkyl halides is 3. The normalized spacial score (nSPS) is 13.2. The summed E-state index contributed by atoms with van der Waals surface area (Å²) in [7, 11) is 1.19. The average molecular weight is 520 g/mol. The van der Waals surface area contributed by atoms with E-state index in [2.05, 4.69) is 20.6 Å². The molecule has 0 spiro atoms. The molecule has 0 aliphatic rings. The van der Waals surface area contributed by atoms with Crippen molar-refractivity contribution in [3.05, 3.63) is 68.9 Å². The first-order chi connectivity index (χ1) is 16.2. The van der Waals surface area contributed by atoms with E-state index in [0.717, 1.165) is 18.2 Å². The van der Waals surface area contributed by atoms with E-state index in [1.54, 1.807) is 0 Å². The molecule has 1 heterocycles. The van der Waals surface area contributed by atoms with Crippen molar-refractivity contribution in [2.24, 2.45) is 0 Å². The minimum Gasteiger partial charge on any atom is -0.494 e. The molecular formula is C20H15ClF5N5O4. The molecule has 1 atom stereocenters. The maximum atomic E-state index is 14.0. The van der Waals surface area contributed by atoms with E-state index in [4.69, 9.17) is 16.3 Å². The maximum absolute atomic E-state index is 14.0. The van der Waals surface area contributed by atoms with Crippen molar-refractivity contribution in [2.45, 2.75) is 18.7 Å². The molecule has 3 N–H and O–H groups in total. The number of nitro groups is 1. The van der Waals surface area contributed by atoms with Crippen LogP contribution in [0.25, 0.3) is 0 Å². The zero-order chi connectivity index (χ0) is 26.1. The summed E-state index contributed by atoms with van der Waals surface area (Å²) in [6.45, 7) is 0.446. The Hall–Kier alpha value is -3.78. The van der Waals surface area contributed by atoms with Crippen LogP contribution in [0.1, 0.15) is 12.5 Å². The van der Waals surface area contributed by atoms with Crippen LogP contribution in [-0.2, 0) is 5.60 Å². The Kier molecular flexibility index (Phi) is 6.98. The molecule has 0 bridgehead atoms. The summed E-state index contributed by atoms with van der Waals surface area (Å²) in [5.74, 6) is -2.80. The van der Waals surface area contributed by atoms with Crippen molar-refractivity contribution in [2.75, 3.05) is 17.7 Å². The number of nitrogens with zero attached hydrogens (tertiary/aromatic N) is 3. The van der Waals surface area contributed by atoms with Gasteiger partial charge in [0.05, 0.1) is 22.7 Å². The number of halogens is 6. The zero-order valence-electron chi connectivity index (χ0n) is 17.7. The monoisotopic (exact) mass is 519 g/mol. The van der Waals surface area contributed by atoms with Crippen molar-refractivity contribution in [1.29, 1.82) is 0 Å². The van der Waals surface area contributed by atoms with Crippen molar-refractivity contribution >= 4 is 40.4 Å². The number of rotatable bonds is 7. The van der Waals surface area contributed by atoms with E-state index in [1.165, 1.54) is 19.4 Å². The first-order valence-corrected chi connectivity index (χ1v) is 9.80. The van der Waals surface area contributed by atoms with Gasteiger partial charge in [-0.1, -0.05) is 11.6 Å². The van der Waals surface area contributed by atoms with E-state index >= 15 is 0 Å². The van der Waals surface area contributed by atoms with Crippen molar-refractivity contribution < 1.29 is 36.7 Å². The van der Waals surface area contributed by atoms with Gasteiger partial charge in [-0.3, -0.25) is 10.1 Å². The first-order valence-electron chi connectivity index (χ1n) is 9.42. The molecule has 3 rings (SSSR count). The Morgan fingerprint density at radius 3 is 2.40 bits per heavy atom. The van der Waals surface area contributed by atoms with Crippen LogP contribution in [0.2, 0.25) is 5.02 Å². The molecule has 0 radical (unpaired) electrons. The number of aromatic nitrogens is 2. The lowest BCUT2D eigenvalue weighted by Crippen LogP contribution is -2.39. The van der Waals surface area contributed by atoms with Crippen LogP contribution in [0.3, 0.4) is 0 Å². The van der Waals surface area contributed by atoms with Gasteiger partial charge in [-0.15, -0.1) is 0 Å². The summed E-state index contributed by atoms with van der Waals surface area (Å²) >= 11 is 5.72. The van der Waals surface area contributed by atoms with Crippen molar-refractivity contribution in [3.63, 3.8) is 0 Å². The van der Waals surface area contributed by atoms with Gasteiger partial charge in [-0.05, 0) is 25.1 Å². The highest BCUT2D eigenvalue weighted by Gasteiger charge is 2.52. The quantitative estimate of drug-likeness (QED) is 0.210. The van der Waals surface area contributed by atoms with Gasteiger partial charge in [0.25, 0.3) is 0 Å². The van der Waals surface area contributed by atoms with Crippen LogP contribution in [0.5, 0.6) is 5.75 Å². The molecular weight excluding hydrogens is 505 g/mol. The van der Waals surface area contributed by atoms with Crippen molar-refractivity contribution in [3.8, 4) is 5.75 Å². The van der Waals surface area contributed by atoms with Crippen LogP contribution in [0.4, 0.5) is 50.8 Å². The molecule has 0 aliphatic heterocycles. The second-order valence-corrected chi connectivity index (χ2v) is 7.57. The Bertz CT molecular complexity index is 1290. The third kappa shape index (κ3) is 5.33. The van der Waals surface area contributed by atoms with Gasteiger partial charge in [-0.25, -0.2) is 9.37 Å². The van der Waals surface area contributed by atoms with Crippen LogP contribution in [0, 0.1) is 21.7 Å². The third-order valence-electron chi connectivity index (χ3n) is 4.77. The predicted octanol–water partition coefficient (Wildman–Crippen LogP) is 5.58. The number of hydrogen-bond acceptors (Lipinski definition) is 8. The van der Waals surface area contributed by atoms with Gasteiger partial charge in [0.2, 0.25) is 11.8 Å². The standard InChI is InChI=1S/C20H15ClF5N5O4/c1-19(32,20(24,25)26)9-5-11(22)10(21)6-13(9)28-17-3-4-27-18(30-17)29-14-8-15(31(33)34)12(23)7-16(14)35-2/h3-8,32H,1-2H3,(H2,27,28,29,30). The lowest BCUT2D eigenvalue weighted by Gasteiger charge is -2.29. The van der Waals surface area contributed by atoms with Gasteiger partial charge in [-0.2, -0.15) is 22.5 Å².